The van der Waals surface area contributed by atoms with Crippen LogP contribution in [-0.2, 0) is 6.54 Å². The normalized spacial score (nSPS) is 13.0. The quantitative estimate of drug-likeness (QED) is 0.474. The third-order valence-corrected chi connectivity index (χ3v) is 5.80. The van der Waals surface area contributed by atoms with Crippen LogP contribution in [0.25, 0.3) is 10.7 Å². The highest BCUT2D eigenvalue weighted by Crippen LogP contribution is 2.32. The molecule has 4 rings (SSSR count). The number of fused-ring (bicyclic) bond motifs is 1. The van der Waals surface area contributed by atoms with E-state index in [1.165, 1.54) is 11.8 Å². The molecule has 1 aromatic carbocycles. The third-order valence-electron chi connectivity index (χ3n) is 3.97. The SMILES string of the molecule is CCn1c(SCC(=O)c2ccc3c(c2)OCCO3)nnc1-c1cccs1. The van der Waals surface area contributed by atoms with Gasteiger partial charge in [0.15, 0.2) is 28.3 Å². The molecule has 0 atom stereocenters. The number of carbonyl (C=O) groups is 1. The molecule has 1 aliphatic rings. The maximum Gasteiger partial charge on any atom is 0.191 e. The molecule has 8 heteroatoms. The number of Topliss-reactive ketones (excluding diaryl/α,β-unsaturated/α-hetero) is 1. The monoisotopic (exact) mass is 387 g/mol. The van der Waals surface area contributed by atoms with Gasteiger partial charge in [0.25, 0.3) is 0 Å². The van der Waals surface area contributed by atoms with Gasteiger partial charge < -0.3 is 14.0 Å². The summed E-state index contributed by atoms with van der Waals surface area (Å²) < 4.78 is 13.1. The molecule has 0 aliphatic carbocycles. The number of thiophene rings is 1. The van der Waals surface area contributed by atoms with Crippen LogP contribution in [0, 0.1) is 0 Å². The van der Waals surface area contributed by atoms with Gasteiger partial charge in [0.05, 0.1) is 10.6 Å². The van der Waals surface area contributed by atoms with E-state index in [4.69, 9.17) is 9.47 Å². The van der Waals surface area contributed by atoms with Crippen molar-refractivity contribution in [2.75, 3.05) is 19.0 Å². The van der Waals surface area contributed by atoms with Crippen molar-refractivity contribution in [1.29, 1.82) is 0 Å². The molecule has 134 valence electrons. The number of hydrogen-bond acceptors (Lipinski definition) is 7. The minimum absolute atomic E-state index is 0.0234. The molecule has 0 amide bonds. The van der Waals surface area contributed by atoms with Gasteiger partial charge in [-0.15, -0.1) is 21.5 Å². The molecule has 3 aromatic rings. The van der Waals surface area contributed by atoms with Crippen LogP contribution < -0.4 is 9.47 Å². The summed E-state index contributed by atoms with van der Waals surface area (Å²) in [4.78, 5) is 13.6. The topological polar surface area (TPSA) is 66.2 Å². The third kappa shape index (κ3) is 3.34. The van der Waals surface area contributed by atoms with E-state index in [2.05, 4.69) is 10.2 Å². The summed E-state index contributed by atoms with van der Waals surface area (Å²) in [6, 6.07) is 9.33. The predicted octanol–water partition coefficient (Wildman–Crippen LogP) is 3.77. The molecule has 0 bridgehead atoms. The second kappa shape index (κ2) is 7.51. The first-order valence-corrected chi connectivity index (χ1v) is 10.2. The van der Waals surface area contributed by atoms with E-state index in [1.807, 2.05) is 29.0 Å². The molecule has 26 heavy (non-hydrogen) atoms. The molecule has 0 unspecified atom stereocenters. The zero-order chi connectivity index (χ0) is 17.9. The number of nitrogens with zero attached hydrogens (tertiary/aromatic N) is 3. The van der Waals surface area contributed by atoms with E-state index >= 15 is 0 Å². The smallest absolute Gasteiger partial charge is 0.191 e. The fourth-order valence-electron chi connectivity index (χ4n) is 2.70. The number of ketones is 1. The summed E-state index contributed by atoms with van der Waals surface area (Å²) >= 11 is 3.03. The lowest BCUT2D eigenvalue weighted by atomic mass is 10.1. The van der Waals surface area contributed by atoms with E-state index in [0.717, 1.165) is 22.4 Å². The Labute approximate surface area is 159 Å². The molecule has 0 fully saturated rings. The highest BCUT2D eigenvalue weighted by molar-refractivity contribution is 7.99. The standard InChI is InChI=1S/C18H17N3O3S2/c1-2-21-17(16-4-3-9-25-16)19-20-18(21)26-11-13(22)12-5-6-14-15(10-12)24-8-7-23-14/h3-6,9-10H,2,7-8,11H2,1H3. The average molecular weight is 387 g/mol. The Bertz CT molecular complexity index is 922. The Morgan fingerprint density at radius 2 is 2.08 bits per heavy atom. The second-order valence-electron chi connectivity index (χ2n) is 5.60. The Balaban J connectivity index is 1.48. The Hall–Kier alpha value is -2.32. The maximum absolute atomic E-state index is 12.6. The molecular weight excluding hydrogens is 370 g/mol. The van der Waals surface area contributed by atoms with Crippen LogP contribution in [0.4, 0.5) is 0 Å². The van der Waals surface area contributed by atoms with E-state index in [9.17, 15) is 4.79 Å². The maximum atomic E-state index is 12.6. The highest BCUT2D eigenvalue weighted by Gasteiger charge is 2.18. The Kier molecular flexibility index (Phi) is 4.94. The van der Waals surface area contributed by atoms with E-state index in [0.29, 0.717) is 36.0 Å². The van der Waals surface area contributed by atoms with Gasteiger partial charge in [0.2, 0.25) is 0 Å². The largest absolute Gasteiger partial charge is 0.486 e. The molecule has 0 saturated heterocycles. The molecule has 0 saturated carbocycles. The molecule has 0 radical (unpaired) electrons. The van der Waals surface area contributed by atoms with Crippen LogP contribution >= 0.6 is 23.1 Å². The first-order chi connectivity index (χ1) is 12.8. The minimum atomic E-state index is 0.0234. The van der Waals surface area contributed by atoms with Gasteiger partial charge in [-0.25, -0.2) is 0 Å². The summed E-state index contributed by atoms with van der Waals surface area (Å²) in [5, 5.41) is 11.3. The fourth-order valence-corrected chi connectivity index (χ4v) is 4.31. The van der Waals surface area contributed by atoms with Crippen molar-refractivity contribution in [3.8, 4) is 22.2 Å². The summed E-state index contributed by atoms with van der Waals surface area (Å²) in [5.41, 5.74) is 0.614. The molecule has 1 aliphatic heterocycles. The van der Waals surface area contributed by atoms with Gasteiger partial charge in [0, 0.05) is 12.1 Å². The zero-order valence-electron chi connectivity index (χ0n) is 14.2. The summed E-state index contributed by atoms with van der Waals surface area (Å²) in [6.07, 6.45) is 0. The van der Waals surface area contributed by atoms with Crippen LogP contribution in [0.2, 0.25) is 0 Å². The number of benzene rings is 1. The second-order valence-corrected chi connectivity index (χ2v) is 7.49. The Morgan fingerprint density at radius 3 is 2.85 bits per heavy atom. The van der Waals surface area contributed by atoms with Crippen molar-refractivity contribution < 1.29 is 14.3 Å². The number of aromatic nitrogens is 3. The molecule has 6 nitrogen and oxygen atoms in total. The Morgan fingerprint density at radius 1 is 1.23 bits per heavy atom. The van der Waals surface area contributed by atoms with Crippen molar-refractivity contribution in [3.05, 3.63) is 41.3 Å². The summed E-state index contributed by atoms with van der Waals surface area (Å²) in [5.74, 6) is 2.48. The van der Waals surface area contributed by atoms with Gasteiger partial charge in [-0.1, -0.05) is 17.8 Å². The first kappa shape index (κ1) is 17.1. The van der Waals surface area contributed by atoms with Crippen LogP contribution in [0.15, 0.2) is 40.9 Å². The van der Waals surface area contributed by atoms with Crippen LogP contribution in [0.3, 0.4) is 0 Å². The van der Waals surface area contributed by atoms with Crippen molar-refractivity contribution in [1.82, 2.24) is 14.8 Å². The highest BCUT2D eigenvalue weighted by atomic mass is 32.2. The van der Waals surface area contributed by atoms with Gasteiger partial charge in [-0.2, -0.15) is 0 Å². The lowest BCUT2D eigenvalue weighted by molar-refractivity contribution is 0.102. The molecule has 0 spiro atoms. The number of ether oxygens (including phenoxy) is 2. The molecule has 2 aromatic heterocycles. The van der Waals surface area contributed by atoms with Crippen molar-refractivity contribution in [2.24, 2.45) is 0 Å². The van der Waals surface area contributed by atoms with Gasteiger partial charge >= 0.3 is 0 Å². The van der Waals surface area contributed by atoms with Gasteiger partial charge in [-0.05, 0) is 36.6 Å². The average Bonchev–Trinajstić information content (AvgIpc) is 3.34. The first-order valence-electron chi connectivity index (χ1n) is 8.29. The van der Waals surface area contributed by atoms with Crippen LogP contribution in [-0.4, -0.2) is 39.5 Å². The lowest BCUT2D eigenvalue weighted by Crippen LogP contribution is -2.16. The number of thioether (sulfide) groups is 1. The fraction of sp³-hybridized carbons (Fsp3) is 0.278. The number of carbonyl (C=O) groups excluding carboxylic acids is 1. The van der Waals surface area contributed by atoms with E-state index in [-0.39, 0.29) is 5.78 Å². The number of rotatable bonds is 6. The van der Waals surface area contributed by atoms with Crippen molar-refractivity contribution >= 4 is 28.9 Å². The van der Waals surface area contributed by atoms with Gasteiger partial charge in [-0.3, -0.25) is 4.79 Å². The summed E-state index contributed by atoms with van der Waals surface area (Å²) in [7, 11) is 0. The van der Waals surface area contributed by atoms with E-state index in [1.54, 1.807) is 29.5 Å². The number of hydrogen-bond donors (Lipinski definition) is 0. The molecule has 0 N–H and O–H groups in total. The van der Waals surface area contributed by atoms with E-state index < -0.39 is 0 Å². The molecule has 3 heterocycles. The zero-order valence-corrected chi connectivity index (χ0v) is 15.8. The molecular formula is C18H17N3O3S2. The summed E-state index contributed by atoms with van der Waals surface area (Å²) in [6.45, 7) is 3.84. The minimum Gasteiger partial charge on any atom is -0.486 e. The predicted molar refractivity (Wildman–Crippen MR) is 101 cm³/mol. The van der Waals surface area contributed by atoms with Crippen molar-refractivity contribution in [3.63, 3.8) is 0 Å². The van der Waals surface area contributed by atoms with Gasteiger partial charge in [0.1, 0.15) is 13.2 Å². The van der Waals surface area contributed by atoms with Crippen LogP contribution in [0.5, 0.6) is 11.5 Å². The van der Waals surface area contributed by atoms with Crippen molar-refractivity contribution in [2.45, 2.75) is 18.6 Å². The lowest BCUT2D eigenvalue weighted by Gasteiger charge is -2.18. The van der Waals surface area contributed by atoms with Crippen LogP contribution in [0.1, 0.15) is 17.3 Å².